The van der Waals surface area contributed by atoms with Crippen LogP contribution < -0.4 is 0 Å². The summed E-state index contributed by atoms with van der Waals surface area (Å²) in [5.74, 6) is -0.217. The lowest BCUT2D eigenvalue weighted by Gasteiger charge is -2.09. The van der Waals surface area contributed by atoms with E-state index in [-0.39, 0.29) is 16.4 Å². The third-order valence-electron chi connectivity index (χ3n) is 2.35. The molecule has 0 aliphatic carbocycles. The molecule has 0 amide bonds. The van der Waals surface area contributed by atoms with Gasteiger partial charge in [0.2, 0.25) is 0 Å². The van der Waals surface area contributed by atoms with Gasteiger partial charge in [-0.05, 0) is 24.6 Å². The maximum absolute atomic E-state index is 12.4. The van der Waals surface area contributed by atoms with E-state index in [4.69, 9.17) is 11.6 Å². The Balaban J connectivity index is 2.94. The molecule has 0 aliphatic heterocycles. The summed E-state index contributed by atoms with van der Waals surface area (Å²) < 4.78 is 37.1. The lowest BCUT2D eigenvalue weighted by Crippen LogP contribution is -2.07. The first kappa shape index (κ1) is 14.0. The van der Waals surface area contributed by atoms with Crippen molar-refractivity contribution in [1.82, 2.24) is 0 Å². The molecule has 5 heteroatoms. The number of hydrogen-bond donors (Lipinski definition) is 0. The molecule has 0 fully saturated rings. The first-order valence-electron chi connectivity index (χ1n) is 5.26. The van der Waals surface area contributed by atoms with E-state index in [9.17, 15) is 18.0 Å². The van der Waals surface area contributed by atoms with Crippen molar-refractivity contribution < 1.29 is 18.0 Å². The highest BCUT2D eigenvalue weighted by Gasteiger charge is 2.31. The number of benzene rings is 1. The smallest absolute Gasteiger partial charge is 0.294 e. The van der Waals surface area contributed by atoms with E-state index in [1.54, 1.807) is 0 Å². The zero-order valence-corrected chi connectivity index (χ0v) is 10.0. The molecule has 0 heterocycles. The number of alkyl halides is 3. The Morgan fingerprint density at radius 2 is 2.00 bits per heavy atom. The number of halogens is 4. The zero-order valence-electron chi connectivity index (χ0n) is 9.27. The van der Waals surface area contributed by atoms with E-state index in [1.807, 2.05) is 6.92 Å². The molecule has 0 N–H and O–H groups in total. The summed E-state index contributed by atoms with van der Waals surface area (Å²) in [7, 11) is 0. The molecule has 1 aromatic rings. The van der Waals surface area contributed by atoms with Crippen LogP contribution in [0.1, 0.15) is 42.1 Å². The first-order valence-corrected chi connectivity index (χ1v) is 5.64. The fraction of sp³-hybridized carbons (Fsp3) is 0.417. The second-order valence-electron chi connectivity index (χ2n) is 3.72. The van der Waals surface area contributed by atoms with Crippen molar-refractivity contribution in [3.8, 4) is 0 Å². The maximum atomic E-state index is 12.4. The quantitative estimate of drug-likeness (QED) is 0.719. The second kappa shape index (κ2) is 5.54. The molecular weight excluding hydrogens is 253 g/mol. The average Bonchev–Trinajstić information content (AvgIpc) is 2.24. The van der Waals surface area contributed by atoms with Crippen LogP contribution in [0.25, 0.3) is 0 Å². The van der Waals surface area contributed by atoms with Gasteiger partial charge >= 0.3 is 6.18 Å². The van der Waals surface area contributed by atoms with Gasteiger partial charge in [0.1, 0.15) is 0 Å². The van der Waals surface area contributed by atoms with Gasteiger partial charge in [-0.25, -0.2) is 0 Å². The summed E-state index contributed by atoms with van der Waals surface area (Å²) in [5, 5.41) is -0.138. The van der Waals surface area contributed by atoms with E-state index in [0.717, 1.165) is 24.6 Å². The van der Waals surface area contributed by atoms with E-state index in [0.29, 0.717) is 12.8 Å². The summed E-state index contributed by atoms with van der Waals surface area (Å²) >= 11 is 5.69. The Labute approximate surface area is 103 Å². The second-order valence-corrected chi connectivity index (χ2v) is 4.13. The molecule has 1 aromatic carbocycles. The first-order chi connectivity index (χ1) is 7.86. The van der Waals surface area contributed by atoms with Crippen LogP contribution in [-0.4, -0.2) is 5.78 Å². The van der Waals surface area contributed by atoms with Crippen LogP contribution in [0.4, 0.5) is 13.2 Å². The third-order valence-corrected chi connectivity index (χ3v) is 2.67. The minimum Gasteiger partial charge on any atom is -0.294 e. The maximum Gasteiger partial charge on any atom is 0.416 e. The topological polar surface area (TPSA) is 17.1 Å². The van der Waals surface area contributed by atoms with Crippen LogP contribution >= 0.6 is 11.6 Å². The monoisotopic (exact) mass is 264 g/mol. The number of rotatable bonds is 4. The van der Waals surface area contributed by atoms with Crippen LogP contribution in [0.2, 0.25) is 5.02 Å². The summed E-state index contributed by atoms with van der Waals surface area (Å²) in [4.78, 5) is 11.6. The van der Waals surface area contributed by atoms with Gasteiger partial charge < -0.3 is 0 Å². The predicted molar refractivity (Wildman–Crippen MR) is 60.3 cm³/mol. The van der Waals surface area contributed by atoms with Gasteiger partial charge in [0.05, 0.1) is 10.6 Å². The fourth-order valence-corrected chi connectivity index (χ4v) is 1.68. The molecule has 0 spiro atoms. The Hall–Kier alpha value is -1.03. The van der Waals surface area contributed by atoms with Crippen LogP contribution in [0.15, 0.2) is 18.2 Å². The van der Waals surface area contributed by atoms with E-state index in [1.165, 1.54) is 0 Å². The molecule has 0 aromatic heterocycles. The van der Waals surface area contributed by atoms with Crippen molar-refractivity contribution in [2.75, 3.05) is 0 Å². The van der Waals surface area contributed by atoms with Crippen LogP contribution in [0.5, 0.6) is 0 Å². The third kappa shape index (κ3) is 3.73. The van der Waals surface area contributed by atoms with Crippen molar-refractivity contribution in [3.63, 3.8) is 0 Å². The standard InChI is InChI=1S/C12H12ClF3O/c1-2-3-4-11(17)9-6-5-8(7-10(9)13)12(14,15)16/h5-7H,2-4H2,1H3. The number of carbonyl (C=O) groups excluding carboxylic acids is 1. The molecule has 0 unspecified atom stereocenters. The van der Waals surface area contributed by atoms with Crippen LogP contribution in [-0.2, 0) is 6.18 Å². The number of carbonyl (C=O) groups is 1. The fourth-order valence-electron chi connectivity index (χ4n) is 1.39. The van der Waals surface area contributed by atoms with Gasteiger partial charge in [-0.15, -0.1) is 0 Å². The molecule has 0 atom stereocenters. The summed E-state index contributed by atoms with van der Waals surface area (Å²) in [6.07, 6.45) is -2.57. The van der Waals surface area contributed by atoms with Crippen LogP contribution in [0, 0.1) is 0 Å². The van der Waals surface area contributed by atoms with E-state index >= 15 is 0 Å². The predicted octanol–water partition coefficient (Wildman–Crippen LogP) is 4.73. The molecular formula is C12H12ClF3O. The normalized spacial score (nSPS) is 11.6. The van der Waals surface area contributed by atoms with Crippen molar-refractivity contribution in [2.45, 2.75) is 32.4 Å². The van der Waals surface area contributed by atoms with Gasteiger partial charge in [0, 0.05) is 12.0 Å². The number of Topliss-reactive ketones (excluding diaryl/α,β-unsaturated/α-hetero) is 1. The van der Waals surface area contributed by atoms with Gasteiger partial charge in [-0.3, -0.25) is 4.79 Å². The van der Waals surface area contributed by atoms with Crippen LogP contribution in [0.3, 0.4) is 0 Å². The average molecular weight is 265 g/mol. The molecule has 0 aliphatic rings. The molecule has 94 valence electrons. The van der Waals surface area contributed by atoms with Gasteiger partial charge in [-0.1, -0.05) is 24.9 Å². The van der Waals surface area contributed by atoms with Crippen molar-refractivity contribution >= 4 is 17.4 Å². The minimum atomic E-state index is -4.44. The molecule has 1 nitrogen and oxygen atoms in total. The SMILES string of the molecule is CCCCC(=O)c1ccc(C(F)(F)F)cc1Cl. The summed E-state index contributed by atoms with van der Waals surface area (Å²) in [6, 6.07) is 2.81. The molecule has 0 saturated carbocycles. The molecule has 0 bridgehead atoms. The van der Waals surface area contributed by atoms with E-state index < -0.39 is 11.7 Å². The highest BCUT2D eigenvalue weighted by atomic mass is 35.5. The lowest BCUT2D eigenvalue weighted by molar-refractivity contribution is -0.137. The number of ketones is 1. The number of unbranched alkanes of at least 4 members (excludes halogenated alkanes) is 1. The van der Waals surface area contributed by atoms with Crippen molar-refractivity contribution in [2.24, 2.45) is 0 Å². The number of hydrogen-bond acceptors (Lipinski definition) is 1. The van der Waals surface area contributed by atoms with Gasteiger partial charge in [0.25, 0.3) is 0 Å². The Kier molecular flexibility index (Phi) is 4.57. The van der Waals surface area contributed by atoms with Crippen molar-refractivity contribution in [1.29, 1.82) is 0 Å². The molecule has 17 heavy (non-hydrogen) atoms. The summed E-state index contributed by atoms with van der Waals surface area (Å²) in [6.45, 7) is 1.93. The molecule has 1 rings (SSSR count). The highest BCUT2D eigenvalue weighted by Crippen LogP contribution is 2.32. The summed E-state index contributed by atoms with van der Waals surface area (Å²) in [5.41, 5.74) is -0.678. The Morgan fingerprint density at radius 3 is 2.47 bits per heavy atom. The van der Waals surface area contributed by atoms with Gasteiger partial charge in [-0.2, -0.15) is 13.2 Å². The van der Waals surface area contributed by atoms with Crippen molar-refractivity contribution in [3.05, 3.63) is 34.3 Å². The highest BCUT2D eigenvalue weighted by molar-refractivity contribution is 6.34. The molecule has 0 saturated heterocycles. The van der Waals surface area contributed by atoms with E-state index in [2.05, 4.69) is 0 Å². The Bertz CT molecular complexity index is 413. The van der Waals surface area contributed by atoms with Gasteiger partial charge in [0.15, 0.2) is 5.78 Å². The largest absolute Gasteiger partial charge is 0.416 e. The Morgan fingerprint density at radius 1 is 1.35 bits per heavy atom. The molecule has 0 radical (unpaired) electrons. The lowest BCUT2D eigenvalue weighted by atomic mass is 10.0. The zero-order chi connectivity index (χ0) is 13.1. The minimum absolute atomic E-state index is 0.138.